The van der Waals surface area contributed by atoms with Gasteiger partial charge in [0.15, 0.2) is 27.1 Å². The van der Waals surface area contributed by atoms with E-state index >= 15 is 0 Å². The Morgan fingerprint density at radius 1 is 0.632 bits per heavy atom. The third-order valence-corrected chi connectivity index (χ3v) is 12.2. The molecule has 0 unspecified atom stereocenters. The molecule has 0 radical (unpaired) electrons. The van der Waals surface area contributed by atoms with Crippen LogP contribution in [0.4, 0.5) is 28.4 Å². The van der Waals surface area contributed by atoms with Crippen molar-refractivity contribution in [1.29, 1.82) is 0 Å². The smallest absolute Gasteiger partial charge is 0.744 e. The van der Waals surface area contributed by atoms with Crippen LogP contribution >= 0.6 is 24.1 Å². The number of azo groups is 2. The van der Waals surface area contributed by atoms with E-state index in [0.29, 0.717) is 12.0 Å². The van der Waals surface area contributed by atoms with Gasteiger partial charge < -0.3 is 53.6 Å². The number of nitrogens with zero attached hydrogens (tertiary/aromatic N) is 4. The van der Waals surface area contributed by atoms with Crippen molar-refractivity contribution in [2.45, 2.75) is 14.7 Å². The Bertz CT molecular complexity index is 2900. The minimum atomic E-state index is -5.48. The number of sulfone groups is 1. The number of phenols is 1. The Morgan fingerprint density at radius 3 is 1.69 bits per heavy atom. The number of rotatable bonds is 24. The molecule has 0 aliphatic heterocycles. The van der Waals surface area contributed by atoms with E-state index in [2.05, 4.69) is 38.2 Å². The van der Waals surface area contributed by atoms with Crippen LogP contribution in [0.1, 0.15) is 0 Å². The summed E-state index contributed by atoms with van der Waals surface area (Å²) in [7, 11) is -15.5. The van der Waals surface area contributed by atoms with E-state index in [1.807, 2.05) is 0 Å². The van der Waals surface area contributed by atoms with Gasteiger partial charge in [0.1, 0.15) is 49.3 Å². The molecule has 0 saturated heterocycles. The summed E-state index contributed by atoms with van der Waals surface area (Å²) < 4.78 is 166. The van der Waals surface area contributed by atoms with Crippen molar-refractivity contribution in [3.8, 4) is 34.5 Å². The van der Waals surface area contributed by atoms with Gasteiger partial charge in [0.05, 0.1) is 80.3 Å². The van der Waals surface area contributed by atoms with E-state index < -0.39 is 103 Å². The number of benzene rings is 4. The molecule has 0 aliphatic rings. The predicted octanol–water partition coefficient (Wildman–Crippen LogP) is -9.17. The fourth-order valence-electron chi connectivity index (χ4n) is 5.02. The number of hydrogen-bond donors (Lipinski definition) is 2. The van der Waals surface area contributed by atoms with E-state index in [1.54, 1.807) is 0 Å². The molecule has 0 bridgehead atoms. The number of nitrogens with two attached hydrogens (primary N) is 1. The van der Waals surface area contributed by atoms with Gasteiger partial charge in [-0.1, -0.05) is 0 Å². The topological polar surface area (TPSA) is 417 Å². The predicted molar refractivity (Wildman–Crippen MR) is 211 cm³/mol. The van der Waals surface area contributed by atoms with Crippen molar-refractivity contribution in [2.24, 2.45) is 20.5 Å². The number of anilines is 1. The summed E-state index contributed by atoms with van der Waals surface area (Å²) in [6.07, 6.45) is 0. The molecular weight excluding hydrogens is 1080 g/mol. The van der Waals surface area contributed by atoms with Crippen LogP contribution in [0.5, 0.6) is 34.5 Å². The van der Waals surface area contributed by atoms with E-state index in [4.69, 9.17) is 33.9 Å². The number of nitrogen functional groups attached to an aromatic ring is 1. The number of hydrogen-bond acceptors (Lipinski definition) is 30. The first-order valence-corrected chi connectivity index (χ1v) is 23.8. The summed E-state index contributed by atoms with van der Waals surface area (Å²) in [6, 6.07) is 6.10. The van der Waals surface area contributed by atoms with Crippen LogP contribution in [0.15, 0.2) is 71.5 Å². The van der Waals surface area contributed by atoms with Gasteiger partial charge in [-0.3, -0.25) is 13.4 Å². The molecule has 352 valence electrons. The van der Waals surface area contributed by atoms with Crippen molar-refractivity contribution in [1.82, 2.24) is 0 Å². The van der Waals surface area contributed by atoms with Gasteiger partial charge in [-0.25, -0.2) is 33.7 Å². The zero-order chi connectivity index (χ0) is 47.6. The van der Waals surface area contributed by atoms with Crippen molar-refractivity contribution < 1.29 is 222 Å². The Morgan fingerprint density at radius 2 is 1.16 bits per heavy atom. The average molecular weight is 1110 g/mol. The molecule has 4 aromatic carbocycles. The quantitative estimate of drug-likeness (QED) is 0.00757. The SMILES string of the molecule is COc1cc(S(=O)(=O)CCOS(=O)(=O)[O-])c(OC)cc1N=Nc1c(S(=O)(=O)[O-])cc2cc(SOO[O-])c(N=Nc3cc(OC)c(OOSCCOS(=O)(=O)[O-])cc3OC)c(O)c2c1N.[Na+].[Na+].[Na+].[Na+]. The van der Waals surface area contributed by atoms with Crippen molar-refractivity contribution >= 4 is 104 Å². The van der Waals surface area contributed by atoms with E-state index in [1.165, 1.54) is 26.4 Å². The van der Waals surface area contributed by atoms with Gasteiger partial charge in [0, 0.05) is 42.1 Å². The Labute approximate surface area is 484 Å². The summed E-state index contributed by atoms with van der Waals surface area (Å²) in [5.41, 5.74) is 3.85. The summed E-state index contributed by atoms with van der Waals surface area (Å²) in [5, 5.41) is 41.0. The second kappa shape index (κ2) is 29.7. The van der Waals surface area contributed by atoms with Crippen molar-refractivity contribution in [3.05, 3.63) is 36.4 Å². The number of methoxy groups -OCH3 is 4. The molecule has 28 nitrogen and oxygen atoms in total. The molecule has 0 heterocycles. The minimum Gasteiger partial charge on any atom is -0.744 e. The molecule has 4 rings (SSSR count). The average Bonchev–Trinajstić information content (AvgIpc) is 3.21. The van der Waals surface area contributed by atoms with Crippen LogP contribution in [0, 0.1) is 0 Å². The Hall–Kier alpha value is -0.920. The molecule has 0 amide bonds. The van der Waals surface area contributed by atoms with Gasteiger partial charge in [-0.15, -0.1) is 24.8 Å². The van der Waals surface area contributed by atoms with E-state index in [-0.39, 0.29) is 181 Å². The largest absolute Gasteiger partial charge is 1.00 e. The molecular formula is C30H29N5Na4O23S6. The van der Waals surface area contributed by atoms with Gasteiger partial charge in [0.2, 0.25) is 26.5 Å². The van der Waals surface area contributed by atoms with Gasteiger partial charge in [-0.05, 0) is 17.5 Å². The fourth-order valence-corrected chi connectivity index (χ4v) is 8.55. The standard InChI is InChI=1S/C30H33N5O23S6.4Na/c1-49-18-13-21(55-57-59-7-5-53-63(43,44)45)20(51-3)11-16(18)32-34-28-23(60-58-56-37)9-15-10-25(62(40,41)42)29(27(31)26(15)30(28)36)35-33-17-12-22(52-4)24(14-19(17)50-2)61(38,39)8-6-54-64(46,47)48;;;;/h9-14,36-37H,5-8,31H2,1-4H3,(H,40,41,42)(H,43,44,45)(H,46,47,48);;;;/q;4*+1/p-4. The van der Waals surface area contributed by atoms with Crippen LogP contribution in [0.3, 0.4) is 0 Å². The van der Waals surface area contributed by atoms with Gasteiger partial charge in [0.25, 0.3) is 0 Å². The van der Waals surface area contributed by atoms with Crippen LogP contribution in [-0.2, 0) is 62.8 Å². The van der Waals surface area contributed by atoms with E-state index in [0.717, 1.165) is 38.5 Å². The third kappa shape index (κ3) is 18.8. The zero-order valence-corrected chi connectivity index (χ0v) is 49.4. The molecule has 38 heteroatoms. The number of ether oxygens (including phenoxy) is 4. The van der Waals surface area contributed by atoms with Crippen LogP contribution in [0.25, 0.3) is 10.8 Å². The van der Waals surface area contributed by atoms with Crippen LogP contribution in [-0.4, -0.2) is 106 Å². The Kier molecular flexibility index (Phi) is 29.3. The first-order valence-electron chi connectivity index (χ1n) is 16.4. The monoisotopic (exact) mass is 1110 g/mol. The van der Waals surface area contributed by atoms with Crippen molar-refractivity contribution in [2.75, 3.05) is 58.9 Å². The first kappa shape index (κ1) is 67.1. The minimum absolute atomic E-state index is 0. The van der Waals surface area contributed by atoms with Gasteiger partial charge in [-0.2, -0.15) is 4.33 Å². The summed E-state index contributed by atoms with van der Waals surface area (Å²) in [5.74, 6) is -3.00. The van der Waals surface area contributed by atoms with Gasteiger partial charge >= 0.3 is 118 Å². The molecule has 0 spiro atoms. The maximum absolute atomic E-state index is 13.0. The molecule has 0 atom stereocenters. The molecule has 0 saturated carbocycles. The molecule has 4 aromatic rings. The number of fused-ring (bicyclic) bond motifs is 1. The normalized spacial score (nSPS) is 11.9. The summed E-state index contributed by atoms with van der Waals surface area (Å²) >= 11 is 0.728. The number of phenolic OH excluding ortho intramolecular Hbond substituents is 1. The first-order chi connectivity index (χ1) is 30.0. The molecule has 0 fully saturated rings. The summed E-state index contributed by atoms with van der Waals surface area (Å²) in [6.45, 7) is -1.57. The summed E-state index contributed by atoms with van der Waals surface area (Å²) in [4.78, 5) is 3.22. The maximum atomic E-state index is 13.0. The number of aromatic hydroxyl groups is 1. The van der Waals surface area contributed by atoms with Crippen LogP contribution < -0.4 is 153 Å². The maximum Gasteiger partial charge on any atom is 1.00 e. The van der Waals surface area contributed by atoms with E-state index in [9.17, 15) is 57.7 Å². The molecule has 3 N–H and O–H groups in total. The second-order valence-corrected chi connectivity index (χ2v) is 18.5. The van der Waals surface area contributed by atoms with Crippen molar-refractivity contribution in [3.63, 3.8) is 0 Å². The van der Waals surface area contributed by atoms with Crippen LogP contribution in [0.2, 0.25) is 0 Å². The zero-order valence-electron chi connectivity index (χ0n) is 36.5. The molecule has 68 heavy (non-hydrogen) atoms. The molecule has 0 aromatic heterocycles. The Balaban J connectivity index is 0.0000112. The third-order valence-electron chi connectivity index (χ3n) is 7.66. The molecule has 0 aliphatic carbocycles. The fraction of sp³-hybridized carbons (Fsp3) is 0.267. The second-order valence-electron chi connectivity index (χ2n) is 11.5.